The average molecular weight is 272 g/mol. The van der Waals surface area contributed by atoms with Crippen LogP contribution in [0.3, 0.4) is 0 Å². The van der Waals surface area contributed by atoms with Crippen LogP contribution in [0.15, 0.2) is 16.6 Å². The van der Waals surface area contributed by atoms with Crippen molar-refractivity contribution in [3.05, 3.63) is 27.7 Å². The van der Waals surface area contributed by atoms with Gasteiger partial charge in [-0.2, -0.15) is 0 Å². The molecule has 0 spiro atoms. The van der Waals surface area contributed by atoms with Gasteiger partial charge in [-0.15, -0.1) is 0 Å². The first kappa shape index (κ1) is 12.5. The van der Waals surface area contributed by atoms with E-state index in [0.29, 0.717) is 0 Å². The van der Waals surface area contributed by atoms with Gasteiger partial charge < -0.3 is 10.5 Å². The Morgan fingerprint density at radius 2 is 2.13 bits per heavy atom. The molecule has 0 amide bonds. The number of halogens is 1. The molecule has 2 N–H and O–H groups in total. The molecule has 0 saturated heterocycles. The van der Waals surface area contributed by atoms with E-state index in [4.69, 9.17) is 10.5 Å². The summed E-state index contributed by atoms with van der Waals surface area (Å²) in [7, 11) is 1.72. The van der Waals surface area contributed by atoms with Crippen LogP contribution in [0.4, 0.5) is 0 Å². The summed E-state index contributed by atoms with van der Waals surface area (Å²) in [4.78, 5) is 0. The highest BCUT2D eigenvalue weighted by atomic mass is 79.9. The topological polar surface area (TPSA) is 35.2 Å². The van der Waals surface area contributed by atoms with Gasteiger partial charge in [0, 0.05) is 10.0 Å². The monoisotopic (exact) mass is 271 g/mol. The van der Waals surface area contributed by atoms with Crippen LogP contribution >= 0.6 is 15.9 Å². The summed E-state index contributed by atoms with van der Waals surface area (Å²) < 4.78 is 6.51. The number of rotatable bonds is 5. The molecule has 0 bridgehead atoms. The molecule has 84 valence electrons. The van der Waals surface area contributed by atoms with E-state index in [9.17, 15) is 0 Å². The number of nitrogens with two attached hydrogens (primary N) is 1. The van der Waals surface area contributed by atoms with Crippen molar-refractivity contribution < 1.29 is 4.74 Å². The minimum atomic E-state index is 0.732. The summed E-state index contributed by atoms with van der Waals surface area (Å²) in [6, 6.07) is 4.27. The quantitative estimate of drug-likeness (QED) is 0.894. The minimum Gasteiger partial charge on any atom is -0.496 e. The van der Waals surface area contributed by atoms with Crippen molar-refractivity contribution in [1.82, 2.24) is 0 Å². The molecule has 1 rings (SSSR count). The standard InChI is InChI=1S/C12H18BrNO/c1-3-10-11(13)7-9(5-4-6-14)8-12(10)15-2/h7-8H,3-6,14H2,1-2H3. The summed E-state index contributed by atoms with van der Waals surface area (Å²) in [5.74, 6) is 0.971. The van der Waals surface area contributed by atoms with Gasteiger partial charge in [0.1, 0.15) is 5.75 Å². The number of methoxy groups -OCH3 is 1. The summed E-state index contributed by atoms with van der Waals surface area (Å²) in [6.45, 7) is 2.86. The molecular weight excluding hydrogens is 254 g/mol. The fraction of sp³-hybridized carbons (Fsp3) is 0.500. The third-order valence-electron chi connectivity index (χ3n) is 2.46. The fourth-order valence-electron chi connectivity index (χ4n) is 1.64. The Bertz CT molecular complexity index is 326. The van der Waals surface area contributed by atoms with E-state index >= 15 is 0 Å². The molecule has 0 aliphatic heterocycles. The second kappa shape index (κ2) is 6.13. The SMILES string of the molecule is CCc1c(Br)cc(CCCN)cc1OC. The molecule has 2 nitrogen and oxygen atoms in total. The first-order valence-electron chi connectivity index (χ1n) is 5.28. The molecule has 3 heteroatoms. The van der Waals surface area contributed by atoms with Crippen LogP contribution in [0.2, 0.25) is 0 Å². The Hall–Kier alpha value is -0.540. The van der Waals surface area contributed by atoms with Crippen LogP contribution in [0.5, 0.6) is 5.75 Å². The molecule has 0 saturated carbocycles. The Morgan fingerprint density at radius 3 is 2.67 bits per heavy atom. The van der Waals surface area contributed by atoms with E-state index in [1.807, 2.05) is 0 Å². The minimum absolute atomic E-state index is 0.732. The van der Waals surface area contributed by atoms with Crippen LogP contribution in [0.25, 0.3) is 0 Å². The van der Waals surface area contributed by atoms with Crippen molar-refractivity contribution in [3.8, 4) is 5.75 Å². The first-order valence-corrected chi connectivity index (χ1v) is 6.07. The molecule has 1 aromatic rings. The fourth-order valence-corrected chi connectivity index (χ4v) is 2.41. The number of hydrogen-bond acceptors (Lipinski definition) is 2. The third-order valence-corrected chi connectivity index (χ3v) is 3.16. The summed E-state index contributed by atoms with van der Waals surface area (Å²) in [5.41, 5.74) is 8.01. The Kier molecular flexibility index (Phi) is 5.12. The number of ether oxygens (including phenoxy) is 1. The maximum atomic E-state index is 5.50. The van der Waals surface area contributed by atoms with Crippen molar-refractivity contribution in [1.29, 1.82) is 0 Å². The van der Waals surface area contributed by atoms with Crippen LogP contribution in [0, 0.1) is 0 Å². The smallest absolute Gasteiger partial charge is 0.123 e. The van der Waals surface area contributed by atoms with E-state index in [1.54, 1.807) is 7.11 Å². The van der Waals surface area contributed by atoms with Crippen LogP contribution in [0.1, 0.15) is 24.5 Å². The summed E-state index contributed by atoms with van der Waals surface area (Å²) in [6.07, 6.45) is 3.00. The normalized spacial score (nSPS) is 10.4. The Morgan fingerprint density at radius 1 is 1.40 bits per heavy atom. The second-order valence-corrected chi connectivity index (χ2v) is 4.36. The molecule has 0 fully saturated rings. The maximum absolute atomic E-state index is 5.50. The predicted molar refractivity (Wildman–Crippen MR) is 67.4 cm³/mol. The van der Waals surface area contributed by atoms with E-state index < -0.39 is 0 Å². The van der Waals surface area contributed by atoms with E-state index in [2.05, 4.69) is 35.0 Å². The van der Waals surface area contributed by atoms with Gasteiger partial charge in [-0.25, -0.2) is 0 Å². The number of hydrogen-bond donors (Lipinski definition) is 1. The molecule has 0 aromatic heterocycles. The van der Waals surface area contributed by atoms with Gasteiger partial charge in [0.25, 0.3) is 0 Å². The highest BCUT2D eigenvalue weighted by Crippen LogP contribution is 2.29. The van der Waals surface area contributed by atoms with Gasteiger partial charge in [-0.3, -0.25) is 0 Å². The summed E-state index contributed by atoms with van der Waals surface area (Å²) >= 11 is 3.58. The number of benzene rings is 1. The lowest BCUT2D eigenvalue weighted by molar-refractivity contribution is 0.409. The Labute approximate surface area is 99.9 Å². The van der Waals surface area contributed by atoms with Gasteiger partial charge in [0.15, 0.2) is 0 Å². The third kappa shape index (κ3) is 3.21. The lowest BCUT2D eigenvalue weighted by atomic mass is 10.0. The van der Waals surface area contributed by atoms with Crippen molar-refractivity contribution in [2.75, 3.05) is 13.7 Å². The zero-order valence-corrected chi connectivity index (χ0v) is 10.9. The van der Waals surface area contributed by atoms with Crippen molar-refractivity contribution >= 4 is 15.9 Å². The molecule has 0 aliphatic carbocycles. The lowest BCUT2D eigenvalue weighted by Gasteiger charge is -2.11. The molecule has 0 heterocycles. The van der Waals surface area contributed by atoms with Gasteiger partial charge in [-0.05, 0) is 43.5 Å². The van der Waals surface area contributed by atoms with Crippen molar-refractivity contribution in [2.24, 2.45) is 5.73 Å². The van der Waals surface area contributed by atoms with Crippen molar-refractivity contribution in [3.63, 3.8) is 0 Å². The van der Waals surface area contributed by atoms with Crippen LogP contribution in [-0.2, 0) is 12.8 Å². The van der Waals surface area contributed by atoms with Gasteiger partial charge in [-0.1, -0.05) is 22.9 Å². The molecule has 15 heavy (non-hydrogen) atoms. The van der Waals surface area contributed by atoms with Gasteiger partial charge in [0.05, 0.1) is 7.11 Å². The lowest BCUT2D eigenvalue weighted by Crippen LogP contribution is -2.01. The molecule has 1 aromatic carbocycles. The largest absolute Gasteiger partial charge is 0.496 e. The molecular formula is C12H18BrNO. The zero-order valence-electron chi connectivity index (χ0n) is 9.35. The van der Waals surface area contributed by atoms with E-state index in [-0.39, 0.29) is 0 Å². The molecule has 0 aliphatic rings. The van der Waals surface area contributed by atoms with Crippen LogP contribution in [-0.4, -0.2) is 13.7 Å². The molecule has 0 unspecified atom stereocenters. The average Bonchev–Trinajstić information content (AvgIpc) is 2.25. The van der Waals surface area contributed by atoms with Gasteiger partial charge >= 0.3 is 0 Å². The first-order chi connectivity index (χ1) is 7.22. The highest BCUT2D eigenvalue weighted by molar-refractivity contribution is 9.10. The highest BCUT2D eigenvalue weighted by Gasteiger charge is 2.07. The zero-order chi connectivity index (χ0) is 11.3. The molecule has 0 atom stereocenters. The Balaban J connectivity index is 2.97. The van der Waals surface area contributed by atoms with E-state index in [1.165, 1.54) is 11.1 Å². The predicted octanol–water partition coefficient (Wildman–Crippen LogP) is 2.91. The summed E-state index contributed by atoms with van der Waals surface area (Å²) in [5, 5.41) is 0. The van der Waals surface area contributed by atoms with Gasteiger partial charge in [0.2, 0.25) is 0 Å². The second-order valence-electron chi connectivity index (χ2n) is 3.50. The van der Waals surface area contributed by atoms with E-state index in [0.717, 1.165) is 36.0 Å². The maximum Gasteiger partial charge on any atom is 0.123 e. The number of aryl methyl sites for hydroxylation is 1. The van der Waals surface area contributed by atoms with Crippen molar-refractivity contribution in [2.45, 2.75) is 26.2 Å². The molecule has 0 radical (unpaired) electrons. The van der Waals surface area contributed by atoms with Crippen LogP contribution < -0.4 is 10.5 Å².